The minimum atomic E-state index is -0.738. The molecule has 0 spiro atoms. The molecule has 1 heterocycles. The van der Waals surface area contributed by atoms with E-state index in [-0.39, 0.29) is 30.8 Å². The molecule has 1 unspecified atom stereocenters. The van der Waals surface area contributed by atoms with Gasteiger partial charge in [-0.2, -0.15) is 0 Å². The molecule has 2 aromatic rings. The molecule has 0 radical (unpaired) electrons. The van der Waals surface area contributed by atoms with Gasteiger partial charge in [-0.05, 0) is 44.2 Å². The lowest BCUT2D eigenvalue weighted by Gasteiger charge is -2.33. The summed E-state index contributed by atoms with van der Waals surface area (Å²) >= 11 is 0. The first-order valence-corrected chi connectivity index (χ1v) is 9.61. The standard InChI is InChI=1S/C22H24N2O6/c1-4-23-22(27)14(2)24-18-10-15(8-9-20(18)30-13-21(24)26)19(25)12-29-17-7-5-6-16(11-17)28-3/h5-11,14H,4,12-13H2,1-3H3,(H,23,27). The van der Waals surface area contributed by atoms with Crippen LogP contribution in [-0.4, -0.2) is 50.5 Å². The number of hydrogen-bond acceptors (Lipinski definition) is 6. The molecule has 1 atom stereocenters. The number of carbonyl (C=O) groups excluding carboxylic acids is 3. The van der Waals surface area contributed by atoms with Gasteiger partial charge >= 0.3 is 0 Å². The molecule has 1 aliphatic rings. The van der Waals surface area contributed by atoms with Crippen LogP contribution in [0.15, 0.2) is 42.5 Å². The summed E-state index contributed by atoms with van der Waals surface area (Å²) in [7, 11) is 1.55. The van der Waals surface area contributed by atoms with Crippen molar-refractivity contribution in [1.82, 2.24) is 5.32 Å². The van der Waals surface area contributed by atoms with Crippen molar-refractivity contribution in [2.75, 3.05) is 31.8 Å². The summed E-state index contributed by atoms with van der Waals surface area (Å²) in [6.07, 6.45) is 0. The van der Waals surface area contributed by atoms with Crippen molar-refractivity contribution >= 4 is 23.3 Å². The molecule has 8 heteroatoms. The third kappa shape index (κ3) is 4.53. The van der Waals surface area contributed by atoms with E-state index in [0.29, 0.717) is 35.0 Å². The van der Waals surface area contributed by atoms with Crippen LogP contribution in [0.5, 0.6) is 17.2 Å². The molecule has 2 aromatic carbocycles. The van der Waals surface area contributed by atoms with Gasteiger partial charge in [-0.15, -0.1) is 0 Å². The number of amides is 2. The highest BCUT2D eigenvalue weighted by Crippen LogP contribution is 2.34. The molecule has 2 amide bonds. The molecule has 0 aliphatic carbocycles. The van der Waals surface area contributed by atoms with Crippen molar-refractivity contribution in [2.24, 2.45) is 0 Å². The number of ketones is 1. The van der Waals surface area contributed by atoms with Crippen molar-refractivity contribution in [3.63, 3.8) is 0 Å². The number of nitrogens with one attached hydrogen (secondary N) is 1. The summed E-state index contributed by atoms with van der Waals surface area (Å²) in [4.78, 5) is 38.8. The number of nitrogens with zero attached hydrogens (tertiary/aromatic N) is 1. The van der Waals surface area contributed by atoms with Gasteiger partial charge in [0, 0.05) is 18.2 Å². The quantitative estimate of drug-likeness (QED) is 0.668. The summed E-state index contributed by atoms with van der Waals surface area (Å²) in [5.74, 6) is 0.667. The number of methoxy groups -OCH3 is 1. The lowest BCUT2D eigenvalue weighted by Crippen LogP contribution is -2.51. The lowest BCUT2D eigenvalue weighted by atomic mass is 10.1. The highest BCUT2D eigenvalue weighted by Gasteiger charge is 2.33. The fraction of sp³-hybridized carbons (Fsp3) is 0.318. The number of anilines is 1. The molecule has 0 saturated carbocycles. The first kappa shape index (κ1) is 21.2. The van der Waals surface area contributed by atoms with Crippen LogP contribution in [-0.2, 0) is 9.59 Å². The lowest BCUT2D eigenvalue weighted by molar-refractivity contribution is -0.127. The van der Waals surface area contributed by atoms with Crippen LogP contribution in [0, 0.1) is 0 Å². The Morgan fingerprint density at radius 1 is 1.20 bits per heavy atom. The van der Waals surface area contributed by atoms with Gasteiger partial charge in [-0.25, -0.2) is 0 Å². The summed E-state index contributed by atoms with van der Waals surface area (Å²) < 4.78 is 16.2. The van der Waals surface area contributed by atoms with Gasteiger partial charge in [0.1, 0.15) is 23.3 Å². The SMILES string of the molecule is CCNC(=O)C(C)N1C(=O)COc2ccc(C(=O)COc3cccc(OC)c3)cc21. The predicted molar refractivity (Wildman–Crippen MR) is 110 cm³/mol. The number of fused-ring (bicyclic) bond motifs is 1. The number of carbonyl (C=O) groups is 3. The minimum Gasteiger partial charge on any atom is -0.497 e. The van der Waals surface area contributed by atoms with Gasteiger partial charge in [0.15, 0.2) is 19.0 Å². The van der Waals surface area contributed by atoms with Gasteiger partial charge in [0.2, 0.25) is 5.91 Å². The van der Waals surface area contributed by atoms with Gasteiger partial charge < -0.3 is 19.5 Å². The van der Waals surface area contributed by atoms with E-state index in [1.54, 1.807) is 63.4 Å². The van der Waals surface area contributed by atoms with E-state index < -0.39 is 6.04 Å². The van der Waals surface area contributed by atoms with E-state index in [1.165, 1.54) is 4.90 Å². The largest absolute Gasteiger partial charge is 0.497 e. The first-order valence-electron chi connectivity index (χ1n) is 9.61. The maximum Gasteiger partial charge on any atom is 0.265 e. The van der Waals surface area contributed by atoms with Crippen LogP contribution in [0.3, 0.4) is 0 Å². The Kier molecular flexibility index (Phi) is 6.56. The molecule has 0 fully saturated rings. The van der Waals surface area contributed by atoms with Crippen molar-refractivity contribution in [2.45, 2.75) is 19.9 Å². The van der Waals surface area contributed by atoms with Gasteiger partial charge in [-0.1, -0.05) is 6.07 Å². The summed E-state index contributed by atoms with van der Waals surface area (Å²) in [5, 5.41) is 2.71. The molecule has 0 saturated heterocycles. The molecule has 158 valence electrons. The number of hydrogen-bond donors (Lipinski definition) is 1. The maximum absolute atomic E-state index is 12.7. The topological polar surface area (TPSA) is 94.2 Å². The average molecular weight is 412 g/mol. The third-order valence-electron chi connectivity index (χ3n) is 4.69. The Labute approximate surface area is 174 Å². The second kappa shape index (κ2) is 9.30. The zero-order valence-corrected chi connectivity index (χ0v) is 17.1. The van der Waals surface area contributed by atoms with Crippen LogP contribution in [0.1, 0.15) is 24.2 Å². The van der Waals surface area contributed by atoms with Crippen LogP contribution in [0.4, 0.5) is 5.69 Å². The average Bonchev–Trinajstić information content (AvgIpc) is 2.76. The normalized spacial score (nSPS) is 13.7. The Hall–Kier alpha value is -3.55. The maximum atomic E-state index is 12.7. The second-order valence-electron chi connectivity index (χ2n) is 6.70. The van der Waals surface area contributed by atoms with E-state index in [2.05, 4.69) is 5.32 Å². The Morgan fingerprint density at radius 3 is 2.70 bits per heavy atom. The number of likely N-dealkylation sites (N-methyl/N-ethyl adjacent to an activating group) is 1. The van der Waals surface area contributed by atoms with Crippen LogP contribution >= 0.6 is 0 Å². The van der Waals surface area contributed by atoms with E-state index in [1.807, 2.05) is 0 Å². The Bertz CT molecular complexity index is 958. The fourth-order valence-corrected chi connectivity index (χ4v) is 3.13. The van der Waals surface area contributed by atoms with Gasteiger partial charge in [-0.3, -0.25) is 19.3 Å². The predicted octanol–water partition coefficient (Wildman–Crippen LogP) is 2.21. The Morgan fingerprint density at radius 2 is 1.97 bits per heavy atom. The molecule has 1 aliphatic heterocycles. The van der Waals surface area contributed by atoms with E-state index in [4.69, 9.17) is 14.2 Å². The highest BCUT2D eigenvalue weighted by atomic mass is 16.5. The second-order valence-corrected chi connectivity index (χ2v) is 6.70. The molecular weight excluding hydrogens is 388 g/mol. The minimum absolute atomic E-state index is 0.164. The van der Waals surface area contributed by atoms with Crippen molar-refractivity contribution in [3.05, 3.63) is 48.0 Å². The molecule has 8 nitrogen and oxygen atoms in total. The number of ether oxygens (including phenoxy) is 3. The smallest absolute Gasteiger partial charge is 0.265 e. The van der Waals surface area contributed by atoms with Crippen LogP contribution in [0.25, 0.3) is 0 Å². The molecule has 3 rings (SSSR count). The first-order chi connectivity index (χ1) is 14.4. The van der Waals surface area contributed by atoms with Crippen molar-refractivity contribution in [1.29, 1.82) is 0 Å². The monoisotopic (exact) mass is 412 g/mol. The van der Waals surface area contributed by atoms with Crippen LogP contribution in [0.2, 0.25) is 0 Å². The number of Topliss-reactive ketones (excluding diaryl/α,β-unsaturated/α-hetero) is 1. The third-order valence-corrected chi connectivity index (χ3v) is 4.69. The molecule has 1 N–H and O–H groups in total. The molecule has 0 bridgehead atoms. The zero-order chi connectivity index (χ0) is 21.7. The van der Waals surface area contributed by atoms with E-state index in [9.17, 15) is 14.4 Å². The van der Waals surface area contributed by atoms with E-state index >= 15 is 0 Å². The zero-order valence-electron chi connectivity index (χ0n) is 17.1. The highest BCUT2D eigenvalue weighted by molar-refractivity contribution is 6.05. The van der Waals surface area contributed by atoms with Gasteiger partial charge in [0.25, 0.3) is 5.91 Å². The van der Waals surface area contributed by atoms with Crippen LogP contribution < -0.4 is 24.4 Å². The number of benzene rings is 2. The van der Waals surface area contributed by atoms with E-state index in [0.717, 1.165) is 0 Å². The summed E-state index contributed by atoms with van der Waals surface area (Å²) in [6, 6.07) is 11.0. The summed E-state index contributed by atoms with van der Waals surface area (Å²) in [5.41, 5.74) is 0.736. The van der Waals surface area contributed by atoms with Gasteiger partial charge in [0.05, 0.1) is 12.8 Å². The Balaban J connectivity index is 1.80. The number of rotatable bonds is 8. The molecular formula is C22H24N2O6. The molecule has 30 heavy (non-hydrogen) atoms. The summed E-state index contributed by atoms with van der Waals surface area (Å²) in [6.45, 7) is 3.54. The van der Waals surface area contributed by atoms with Crippen molar-refractivity contribution in [3.8, 4) is 17.2 Å². The molecule has 0 aromatic heterocycles. The van der Waals surface area contributed by atoms with Crippen molar-refractivity contribution < 1.29 is 28.6 Å². The fourth-order valence-electron chi connectivity index (χ4n) is 3.13.